The van der Waals surface area contributed by atoms with E-state index < -0.39 is 11.7 Å². The average Bonchev–Trinajstić information content (AvgIpc) is 2.95. The first-order valence-electron chi connectivity index (χ1n) is 9.25. The minimum atomic E-state index is -4.34. The summed E-state index contributed by atoms with van der Waals surface area (Å²) in [6.07, 6.45) is 0.974. The maximum absolute atomic E-state index is 12.8. The van der Waals surface area contributed by atoms with E-state index in [0.717, 1.165) is 23.2 Å². The fraction of sp³-hybridized carbons (Fsp3) is 0.400. The third-order valence-electron chi connectivity index (χ3n) is 5.42. The van der Waals surface area contributed by atoms with Gasteiger partial charge in [-0.05, 0) is 43.4 Å². The van der Waals surface area contributed by atoms with Crippen LogP contribution in [0.15, 0.2) is 36.7 Å². The molecular weight excluding hydrogens is 389 g/mol. The second kappa shape index (κ2) is 7.28. The Morgan fingerprint density at radius 3 is 2.57 bits per heavy atom. The molecule has 1 saturated carbocycles. The van der Waals surface area contributed by atoms with Gasteiger partial charge in [0.15, 0.2) is 5.82 Å². The van der Waals surface area contributed by atoms with Gasteiger partial charge in [0.2, 0.25) is 0 Å². The van der Waals surface area contributed by atoms with E-state index in [2.05, 4.69) is 22.2 Å². The van der Waals surface area contributed by atoms with Crippen molar-refractivity contribution in [2.75, 3.05) is 5.32 Å². The van der Waals surface area contributed by atoms with Crippen molar-refractivity contribution in [3.8, 4) is 0 Å². The van der Waals surface area contributed by atoms with Crippen LogP contribution < -0.4 is 5.32 Å². The van der Waals surface area contributed by atoms with Crippen LogP contribution in [0.1, 0.15) is 37.3 Å². The van der Waals surface area contributed by atoms with Crippen molar-refractivity contribution in [2.45, 2.75) is 44.9 Å². The summed E-state index contributed by atoms with van der Waals surface area (Å²) in [4.78, 5) is 8.85. The lowest BCUT2D eigenvalue weighted by atomic mass is 9.80. The molecule has 1 aliphatic rings. The standard InChI is InChI=1S/C20H20ClF3N4/c1-12(14-3-2-4-14)26-19-18-16(9-17(21)27-19)25-11-28(18)10-13-5-7-15(8-6-13)20(22,23)24/h5-9,11-12,14H,2-4,10H2,1H3,(H,26,27). The van der Waals surface area contributed by atoms with E-state index in [1.165, 1.54) is 31.4 Å². The highest BCUT2D eigenvalue weighted by Gasteiger charge is 2.30. The van der Waals surface area contributed by atoms with Crippen LogP contribution in [0.2, 0.25) is 5.15 Å². The molecular formula is C20H20ClF3N4. The summed E-state index contributed by atoms with van der Waals surface area (Å²) in [6.45, 7) is 2.53. The van der Waals surface area contributed by atoms with Crippen molar-refractivity contribution >= 4 is 28.5 Å². The summed E-state index contributed by atoms with van der Waals surface area (Å²) in [5.41, 5.74) is 1.60. The van der Waals surface area contributed by atoms with Crippen molar-refractivity contribution in [3.63, 3.8) is 0 Å². The SMILES string of the molecule is CC(Nc1nc(Cl)cc2ncn(Cc3ccc(C(F)(F)F)cc3)c12)C1CCC1. The number of nitrogens with zero attached hydrogens (tertiary/aromatic N) is 3. The molecule has 1 unspecified atom stereocenters. The summed E-state index contributed by atoms with van der Waals surface area (Å²) in [5.74, 6) is 1.27. The van der Waals surface area contributed by atoms with Crippen LogP contribution in [-0.4, -0.2) is 20.6 Å². The van der Waals surface area contributed by atoms with E-state index in [4.69, 9.17) is 11.6 Å². The number of rotatable bonds is 5. The van der Waals surface area contributed by atoms with Gasteiger partial charge in [0, 0.05) is 18.7 Å². The maximum Gasteiger partial charge on any atom is 0.416 e. The van der Waals surface area contributed by atoms with Crippen LogP contribution in [-0.2, 0) is 12.7 Å². The lowest BCUT2D eigenvalue weighted by Crippen LogP contribution is -2.31. The Balaban J connectivity index is 1.64. The minimum absolute atomic E-state index is 0.261. The second-order valence-electron chi connectivity index (χ2n) is 7.35. The number of nitrogens with one attached hydrogen (secondary N) is 1. The third-order valence-corrected chi connectivity index (χ3v) is 5.61. The summed E-state index contributed by atoms with van der Waals surface area (Å²) >= 11 is 6.16. The molecule has 0 spiro atoms. The molecule has 1 fully saturated rings. The van der Waals surface area contributed by atoms with Gasteiger partial charge in [0.05, 0.1) is 17.4 Å². The van der Waals surface area contributed by atoms with E-state index in [1.807, 2.05) is 4.57 Å². The Morgan fingerprint density at radius 2 is 1.96 bits per heavy atom. The molecule has 0 bridgehead atoms. The molecule has 0 saturated heterocycles. The Kier molecular flexibility index (Phi) is 4.95. The van der Waals surface area contributed by atoms with Crippen LogP contribution >= 0.6 is 11.6 Å². The number of aromatic nitrogens is 3. The summed E-state index contributed by atoms with van der Waals surface area (Å²) in [6, 6.07) is 7.13. The number of halogens is 4. The molecule has 1 aliphatic carbocycles. The number of alkyl halides is 3. The molecule has 28 heavy (non-hydrogen) atoms. The summed E-state index contributed by atoms with van der Waals surface area (Å²) in [7, 11) is 0. The van der Waals surface area contributed by atoms with Crippen LogP contribution in [0.3, 0.4) is 0 Å². The molecule has 1 atom stereocenters. The van der Waals surface area contributed by atoms with E-state index >= 15 is 0 Å². The topological polar surface area (TPSA) is 42.7 Å². The normalized spacial score (nSPS) is 16.2. The highest BCUT2D eigenvalue weighted by atomic mass is 35.5. The van der Waals surface area contributed by atoms with Crippen molar-refractivity contribution in [1.82, 2.24) is 14.5 Å². The highest BCUT2D eigenvalue weighted by molar-refractivity contribution is 6.30. The van der Waals surface area contributed by atoms with Gasteiger partial charge in [-0.1, -0.05) is 30.2 Å². The highest BCUT2D eigenvalue weighted by Crippen LogP contribution is 2.33. The van der Waals surface area contributed by atoms with Gasteiger partial charge >= 0.3 is 6.18 Å². The Labute approximate surface area is 165 Å². The molecule has 4 nitrogen and oxygen atoms in total. The molecule has 0 radical (unpaired) electrons. The number of hydrogen-bond acceptors (Lipinski definition) is 3. The van der Waals surface area contributed by atoms with Gasteiger partial charge in [-0.2, -0.15) is 13.2 Å². The van der Waals surface area contributed by atoms with Gasteiger partial charge < -0.3 is 9.88 Å². The van der Waals surface area contributed by atoms with E-state index in [1.54, 1.807) is 12.4 Å². The second-order valence-corrected chi connectivity index (χ2v) is 7.74. The lowest BCUT2D eigenvalue weighted by Gasteiger charge is -2.32. The van der Waals surface area contributed by atoms with Gasteiger partial charge in [-0.3, -0.25) is 0 Å². The Morgan fingerprint density at radius 1 is 1.25 bits per heavy atom. The van der Waals surface area contributed by atoms with E-state index in [9.17, 15) is 13.2 Å². The van der Waals surface area contributed by atoms with Crippen molar-refractivity contribution in [3.05, 3.63) is 52.9 Å². The molecule has 3 aromatic rings. The first kappa shape index (κ1) is 19.1. The maximum atomic E-state index is 12.8. The Hall–Kier alpha value is -2.28. The number of hydrogen-bond donors (Lipinski definition) is 1. The van der Waals surface area contributed by atoms with Gasteiger partial charge in [0.25, 0.3) is 0 Å². The number of benzene rings is 1. The first-order valence-corrected chi connectivity index (χ1v) is 9.63. The zero-order valence-electron chi connectivity index (χ0n) is 15.3. The average molecular weight is 409 g/mol. The quantitative estimate of drug-likeness (QED) is 0.546. The van der Waals surface area contributed by atoms with E-state index in [0.29, 0.717) is 29.0 Å². The molecule has 0 amide bonds. The monoisotopic (exact) mass is 408 g/mol. The van der Waals surface area contributed by atoms with E-state index in [-0.39, 0.29) is 6.04 Å². The van der Waals surface area contributed by atoms with Crippen LogP contribution in [0.4, 0.5) is 19.0 Å². The van der Waals surface area contributed by atoms with Crippen molar-refractivity contribution < 1.29 is 13.2 Å². The number of imidazole rings is 1. The van der Waals surface area contributed by atoms with Crippen molar-refractivity contribution in [2.24, 2.45) is 5.92 Å². The fourth-order valence-corrected chi connectivity index (χ4v) is 3.74. The molecule has 4 rings (SSSR count). The van der Waals surface area contributed by atoms with Gasteiger partial charge in [0.1, 0.15) is 10.7 Å². The van der Waals surface area contributed by atoms with Crippen LogP contribution in [0, 0.1) is 5.92 Å². The van der Waals surface area contributed by atoms with Crippen LogP contribution in [0.25, 0.3) is 11.0 Å². The lowest BCUT2D eigenvalue weighted by molar-refractivity contribution is -0.137. The molecule has 148 valence electrons. The molecule has 8 heteroatoms. The van der Waals surface area contributed by atoms with Crippen LogP contribution in [0.5, 0.6) is 0 Å². The van der Waals surface area contributed by atoms with Crippen molar-refractivity contribution in [1.29, 1.82) is 0 Å². The van der Waals surface area contributed by atoms with Gasteiger partial charge in [-0.25, -0.2) is 9.97 Å². The molecule has 2 heterocycles. The molecule has 0 aliphatic heterocycles. The molecule has 1 aromatic carbocycles. The predicted octanol–water partition coefficient (Wildman–Crippen LogP) is 5.75. The number of anilines is 1. The van der Waals surface area contributed by atoms with Gasteiger partial charge in [-0.15, -0.1) is 0 Å². The summed E-state index contributed by atoms with van der Waals surface area (Å²) < 4.78 is 40.2. The summed E-state index contributed by atoms with van der Waals surface area (Å²) in [5, 5.41) is 3.82. The molecule has 2 aromatic heterocycles. The fourth-order valence-electron chi connectivity index (χ4n) is 3.56. The minimum Gasteiger partial charge on any atom is -0.365 e. The first-order chi connectivity index (χ1) is 13.3. The smallest absolute Gasteiger partial charge is 0.365 e. The molecule has 1 N–H and O–H groups in total. The zero-order chi connectivity index (χ0) is 19.9. The number of pyridine rings is 1. The third kappa shape index (κ3) is 3.81. The Bertz CT molecular complexity index is 978. The zero-order valence-corrected chi connectivity index (χ0v) is 16.1. The number of fused-ring (bicyclic) bond motifs is 1. The largest absolute Gasteiger partial charge is 0.416 e. The predicted molar refractivity (Wildman–Crippen MR) is 104 cm³/mol.